The Morgan fingerprint density at radius 2 is 1.38 bits per heavy atom. The van der Waals surface area contributed by atoms with Gasteiger partial charge in [-0.3, -0.25) is 0 Å². The van der Waals surface area contributed by atoms with Crippen molar-refractivity contribution >= 4 is 27.2 Å². The van der Waals surface area contributed by atoms with E-state index in [0.717, 1.165) is 0 Å². The van der Waals surface area contributed by atoms with Gasteiger partial charge in [-0.25, -0.2) is 0 Å². The fourth-order valence-electron chi connectivity index (χ4n) is 1.21. The van der Waals surface area contributed by atoms with Crippen molar-refractivity contribution < 1.29 is 13.2 Å². The van der Waals surface area contributed by atoms with Gasteiger partial charge in [-0.15, -0.1) is 0 Å². The van der Waals surface area contributed by atoms with Crippen LogP contribution in [0.2, 0.25) is 0 Å². The van der Waals surface area contributed by atoms with Crippen LogP contribution in [0.25, 0.3) is 0 Å². The largest absolute Gasteiger partial charge is 0.0561 e. The van der Waals surface area contributed by atoms with E-state index < -0.39 is 0 Å². The van der Waals surface area contributed by atoms with Crippen molar-refractivity contribution in [3.05, 3.63) is 41.3 Å². The van der Waals surface area contributed by atoms with Gasteiger partial charge in [-0.1, -0.05) is 17.7 Å². The van der Waals surface area contributed by atoms with E-state index >= 15 is 0 Å². The quantitative estimate of drug-likeness (QED) is 0.600. The van der Waals surface area contributed by atoms with E-state index in [4.69, 9.17) is 0 Å². The van der Waals surface area contributed by atoms with Gasteiger partial charge in [0.05, 0.1) is 0 Å². The summed E-state index contributed by atoms with van der Waals surface area (Å²) in [4.78, 5) is 0. The summed E-state index contributed by atoms with van der Waals surface area (Å²) in [5.74, 6) is 0. The van der Waals surface area contributed by atoms with Crippen LogP contribution in [0.5, 0.6) is 0 Å². The molecule has 0 heterocycles. The summed E-state index contributed by atoms with van der Waals surface area (Å²) in [6, 6.07) is 4.32. The summed E-state index contributed by atoms with van der Waals surface area (Å²) in [6.07, 6.45) is 0. The summed E-state index contributed by atoms with van der Waals surface area (Å²) in [5, 5.41) is 0. The molecule has 0 amide bonds. The first kappa shape index (κ1) is 13.8. The molecule has 0 atom stereocenters. The average molecular weight is 358 g/mol. The van der Waals surface area contributed by atoms with Crippen LogP contribution in [-0.4, -0.2) is 0 Å². The zero-order valence-electron chi connectivity index (χ0n) is 8.32. The molecule has 1 rings (SSSR count). The molecule has 0 saturated carbocycles. The molecule has 0 N–H and O–H groups in total. The molecule has 0 fully saturated rings. The number of rotatable bonds is 0. The number of halogens is 2. The van der Waals surface area contributed by atoms with E-state index in [9.17, 15) is 0 Å². The van der Waals surface area contributed by atoms with E-state index in [-0.39, 0.29) is 13.2 Å². The van der Waals surface area contributed by atoms with Gasteiger partial charge >= 0.3 is 40.5 Å². The minimum absolute atomic E-state index is 0.250. The predicted octanol–water partition coefficient (Wildman–Crippen LogP) is 4.48. The molecule has 0 aliphatic rings. The Labute approximate surface area is 102 Å². The summed E-state index contributed by atoms with van der Waals surface area (Å²) in [5.41, 5.74) is 5.07. The van der Waals surface area contributed by atoms with Crippen LogP contribution in [0.1, 0.15) is 22.3 Å². The van der Waals surface area contributed by atoms with Crippen LogP contribution in [0.4, 0.5) is 0 Å². The molecule has 69 valence electrons. The zero-order valence-corrected chi connectivity index (χ0v) is 14.5. The topological polar surface area (TPSA) is 0 Å². The molecular formula is C10H13Br2Zn. The van der Waals surface area contributed by atoms with Crippen LogP contribution < -0.4 is 0 Å². The molecule has 0 aromatic heterocycles. The van der Waals surface area contributed by atoms with Gasteiger partial charge in [0.2, 0.25) is 0 Å². The standard InChI is InChI=1S/C10H13.2BrH.Zn/c1-7-5-8(2)10(4)9(3)6-7;;;/h5-6H,4H2,1-3H3;2*1H;/q;;;+2/p-2. The zero-order chi connectivity index (χ0) is 10.4. The second-order valence-corrected chi connectivity index (χ2v) is 17.0. The number of benzene rings is 1. The van der Waals surface area contributed by atoms with E-state index in [0.29, 0.717) is 0 Å². The van der Waals surface area contributed by atoms with Gasteiger partial charge in [0.15, 0.2) is 0 Å². The van der Waals surface area contributed by atoms with Crippen molar-refractivity contribution in [2.75, 3.05) is 0 Å². The molecule has 0 bridgehead atoms. The molecule has 1 aromatic rings. The third-order valence-electron chi connectivity index (χ3n) is 1.84. The summed E-state index contributed by atoms with van der Waals surface area (Å²) < 4.78 is 0. The minimum Gasteiger partial charge on any atom is -0.0561 e. The Bertz CT molecular complexity index is 249. The molecule has 0 nitrogen and oxygen atoms in total. The van der Waals surface area contributed by atoms with Crippen molar-refractivity contribution in [3.63, 3.8) is 0 Å². The first-order valence-corrected chi connectivity index (χ1v) is 17.9. The average Bonchev–Trinajstić information content (AvgIpc) is 2.01. The maximum atomic E-state index is 3.96. The van der Waals surface area contributed by atoms with Crippen molar-refractivity contribution in [3.8, 4) is 0 Å². The van der Waals surface area contributed by atoms with Gasteiger partial charge in [0.25, 0.3) is 0 Å². The van der Waals surface area contributed by atoms with Crippen LogP contribution >= 0.6 is 27.2 Å². The van der Waals surface area contributed by atoms with Gasteiger partial charge in [-0.05, 0) is 44.4 Å². The molecule has 0 aliphatic carbocycles. The van der Waals surface area contributed by atoms with E-state index in [2.05, 4.69) is 67.1 Å². The second-order valence-electron chi connectivity index (χ2n) is 2.98. The van der Waals surface area contributed by atoms with Crippen LogP contribution in [-0.2, 0) is 13.2 Å². The monoisotopic (exact) mass is 355 g/mol. The predicted molar refractivity (Wildman–Crippen MR) is 63.0 cm³/mol. The number of hydrogen-bond acceptors (Lipinski definition) is 0. The van der Waals surface area contributed by atoms with Crippen molar-refractivity contribution in [1.29, 1.82) is 0 Å². The summed E-state index contributed by atoms with van der Waals surface area (Å²) in [6.45, 7) is 10.3. The Balaban J connectivity index is 0.000000424. The van der Waals surface area contributed by atoms with E-state index in [1.807, 2.05) is 0 Å². The summed E-state index contributed by atoms with van der Waals surface area (Å²) in [7, 11) is 0. The molecule has 13 heavy (non-hydrogen) atoms. The van der Waals surface area contributed by atoms with Gasteiger partial charge in [-0.2, -0.15) is 0 Å². The molecule has 0 spiro atoms. The smallest absolute Gasteiger partial charge is 0.0233 e. The number of hydrogen-bond donors (Lipinski definition) is 0. The molecule has 0 aliphatic heterocycles. The van der Waals surface area contributed by atoms with Crippen LogP contribution in [0, 0.1) is 27.7 Å². The number of aryl methyl sites for hydroxylation is 3. The molecule has 0 unspecified atom stereocenters. The molecule has 1 radical (unpaired) electrons. The molecule has 3 heteroatoms. The van der Waals surface area contributed by atoms with Gasteiger partial charge in [0.1, 0.15) is 0 Å². The molecule has 1 aromatic carbocycles. The van der Waals surface area contributed by atoms with Gasteiger partial charge < -0.3 is 0 Å². The normalized spacial score (nSPS) is 8.46. The summed E-state index contributed by atoms with van der Waals surface area (Å²) >= 11 is 6.25. The van der Waals surface area contributed by atoms with E-state index in [1.54, 1.807) is 0 Å². The Kier molecular flexibility index (Phi) is 7.58. The Morgan fingerprint density at radius 1 is 1.08 bits per heavy atom. The Morgan fingerprint density at radius 3 is 1.69 bits per heavy atom. The Hall–Kier alpha value is 0.803. The maximum absolute atomic E-state index is 3.96. The third-order valence-corrected chi connectivity index (χ3v) is 1.84. The minimum atomic E-state index is -0.250. The second kappa shape index (κ2) is 7.14. The first-order chi connectivity index (χ1) is 6.02. The van der Waals surface area contributed by atoms with Crippen molar-refractivity contribution in [2.24, 2.45) is 0 Å². The maximum Gasteiger partial charge on any atom is -0.0233 e. The van der Waals surface area contributed by atoms with Crippen molar-refractivity contribution in [1.82, 2.24) is 0 Å². The van der Waals surface area contributed by atoms with Crippen molar-refractivity contribution in [2.45, 2.75) is 20.8 Å². The molecular weight excluding hydrogens is 345 g/mol. The molecule has 0 saturated heterocycles. The van der Waals surface area contributed by atoms with Crippen LogP contribution in [0.3, 0.4) is 0 Å². The fourth-order valence-corrected chi connectivity index (χ4v) is 1.21. The van der Waals surface area contributed by atoms with E-state index in [1.165, 1.54) is 22.3 Å². The SMILES string of the molecule is [Br][Zn][Br].[CH2]c1c(C)cc(C)cc1C. The first-order valence-electron chi connectivity index (χ1n) is 4.04. The fraction of sp³-hybridized carbons (Fsp3) is 0.300. The van der Waals surface area contributed by atoms with Gasteiger partial charge in [0, 0.05) is 0 Å². The third kappa shape index (κ3) is 5.29. The van der Waals surface area contributed by atoms with Crippen LogP contribution in [0.15, 0.2) is 12.1 Å².